The molecule has 0 unspecified atom stereocenters. The zero-order valence-electron chi connectivity index (χ0n) is 28.4. The lowest BCUT2D eigenvalue weighted by molar-refractivity contribution is 0.674. The molecule has 10 aromatic rings. The Kier molecular flexibility index (Phi) is 7.18. The van der Waals surface area contributed by atoms with Gasteiger partial charge < -0.3 is 9.32 Å². The van der Waals surface area contributed by atoms with Crippen molar-refractivity contribution in [3.8, 4) is 33.4 Å². The van der Waals surface area contributed by atoms with Crippen molar-refractivity contribution in [3.05, 3.63) is 200 Å². The van der Waals surface area contributed by atoms with Crippen LogP contribution >= 0.6 is 0 Å². The largest absolute Gasteiger partial charge is 0.455 e. The Morgan fingerprint density at radius 1 is 0.288 bits per heavy atom. The van der Waals surface area contributed by atoms with Crippen molar-refractivity contribution in [1.82, 2.24) is 0 Å². The molecule has 2 heteroatoms. The van der Waals surface area contributed by atoms with Crippen molar-refractivity contribution >= 4 is 60.5 Å². The summed E-state index contributed by atoms with van der Waals surface area (Å²) in [6.45, 7) is 0. The van der Waals surface area contributed by atoms with Crippen LogP contribution in [0.5, 0.6) is 0 Å². The molecule has 0 amide bonds. The molecule has 244 valence electrons. The first kappa shape index (κ1) is 30.0. The number of hydrogen-bond donors (Lipinski definition) is 0. The Bertz CT molecular complexity index is 2870. The smallest absolute Gasteiger partial charge is 0.143 e. The Balaban J connectivity index is 1.06. The fraction of sp³-hybridized carbons (Fsp3) is 0. The molecule has 10 rings (SSSR count). The third-order valence-corrected chi connectivity index (χ3v) is 10.3. The van der Waals surface area contributed by atoms with Gasteiger partial charge in [0.05, 0.1) is 0 Å². The number of rotatable bonds is 6. The van der Waals surface area contributed by atoms with Crippen molar-refractivity contribution in [1.29, 1.82) is 0 Å². The van der Waals surface area contributed by atoms with Crippen molar-refractivity contribution in [2.24, 2.45) is 0 Å². The summed E-state index contributed by atoms with van der Waals surface area (Å²) < 4.78 is 6.82. The summed E-state index contributed by atoms with van der Waals surface area (Å²) in [6.07, 6.45) is 0. The van der Waals surface area contributed by atoms with Gasteiger partial charge in [0.2, 0.25) is 0 Å². The van der Waals surface area contributed by atoms with Gasteiger partial charge in [-0.1, -0.05) is 158 Å². The van der Waals surface area contributed by atoms with Crippen LogP contribution in [0.15, 0.2) is 205 Å². The molecule has 1 aromatic heterocycles. The molecule has 0 N–H and O–H groups in total. The second-order valence-electron chi connectivity index (χ2n) is 13.3. The molecule has 0 saturated carbocycles. The maximum atomic E-state index is 6.82. The Labute approximate surface area is 302 Å². The molecule has 0 atom stereocenters. The van der Waals surface area contributed by atoms with E-state index in [2.05, 4.69) is 205 Å². The van der Waals surface area contributed by atoms with E-state index >= 15 is 0 Å². The van der Waals surface area contributed by atoms with Gasteiger partial charge in [0.15, 0.2) is 0 Å². The molecule has 0 aliphatic rings. The summed E-state index contributed by atoms with van der Waals surface area (Å²) in [7, 11) is 0. The normalized spacial score (nSPS) is 11.5. The Morgan fingerprint density at radius 3 is 1.50 bits per heavy atom. The molecule has 0 aliphatic heterocycles. The summed E-state index contributed by atoms with van der Waals surface area (Å²) >= 11 is 0. The SMILES string of the molecule is c1ccc(-c2cc3c4cccc(-c5ccc(N(c6ccccc6)c6ccc(-c7cccc8ccccc78)cc6)cc5)c4oc3c3ccccc23)cc1. The molecule has 52 heavy (non-hydrogen) atoms. The van der Waals surface area contributed by atoms with Crippen LogP contribution in [-0.2, 0) is 0 Å². The number of nitrogens with zero attached hydrogens (tertiary/aromatic N) is 1. The highest BCUT2D eigenvalue weighted by molar-refractivity contribution is 6.20. The number of para-hydroxylation sites is 2. The van der Waals surface area contributed by atoms with Crippen LogP contribution < -0.4 is 4.90 Å². The lowest BCUT2D eigenvalue weighted by atomic mass is 9.95. The van der Waals surface area contributed by atoms with Crippen molar-refractivity contribution < 1.29 is 4.42 Å². The van der Waals surface area contributed by atoms with Crippen LogP contribution in [0.2, 0.25) is 0 Å². The van der Waals surface area contributed by atoms with E-state index in [-0.39, 0.29) is 0 Å². The first-order valence-corrected chi connectivity index (χ1v) is 17.8. The van der Waals surface area contributed by atoms with Gasteiger partial charge in [0.1, 0.15) is 11.2 Å². The van der Waals surface area contributed by atoms with Crippen LogP contribution in [-0.4, -0.2) is 0 Å². The van der Waals surface area contributed by atoms with Gasteiger partial charge in [-0.25, -0.2) is 0 Å². The van der Waals surface area contributed by atoms with Gasteiger partial charge >= 0.3 is 0 Å². The molecule has 0 saturated heterocycles. The lowest BCUT2D eigenvalue weighted by Crippen LogP contribution is -2.09. The van der Waals surface area contributed by atoms with Crippen molar-refractivity contribution in [2.45, 2.75) is 0 Å². The second-order valence-corrected chi connectivity index (χ2v) is 13.3. The third-order valence-electron chi connectivity index (χ3n) is 10.3. The Morgan fingerprint density at radius 2 is 0.769 bits per heavy atom. The van der Waals surface area contributed by atoms with E-state index in [1.165, 1.54) is 38.4 Å². The van der Waals surface area contributed by atoms with Gasteiger partial charge in [-0.15, -0.1) is 0 Å². The molecule has 0 bridgehead atoms. The fourth-order valence-corrected chi connectivity index (χ4v) is 7.79. The summed E-state index contributed by atoms with van der Waals surface area (Å²) in [5.41, 5.74) is 12.2. The van der Waals surface area contributed by atoms with E-state index in [0.29, 0.717) is 0 Å². The van der Waals surface area contributed by atoms with Crippen LogP contribution in [0.3, 0.4) is 0 Å². The molecule has 2 nitrogen and oxygen atoms in total. The monoisotopic (exact) mass is 663 g/mol. The highest BCUT2D eigenvalue weighted by Gasteiger charge is 2.18. The number of anilines is 3. The first-order chi connectivity index (χ1) is 25.8. The molecule has 0 radical (unpaired) electrons. The van der Waals surface area contributed by atoms with Crippen molar-refractivity contribution in [2.75, 3.05) is 4.90 Å². The van der Waals surface area contributed by atoms with E-state index in [1.807, 2.05) is 0 Å². The number of furan rings is 1. The third kappa shape index (κ3) is 5.04. The van der Waals surface area contributed by atoms with Gasteiger partial charge in [0.25, 0.3) is 0 Å². The summed E-state index contributed by atoms with van der Waals surface area (Å²) in [6, 6.07) is 71.4. The lowest BCUT2D eigenvalue weighted by Gasteiger charge is -2.26. The van der Waals surface area contributed by atoms with E-state index in [1.54, 1.807) is 0 Å². The number of hydrogen-bond acceptors (Lipinski definition) is 2. The van der Waals surface area contributed by atoms with E-state index in [9.17, 15) is 0 Å². The first-order valence-electron chi connectivity index (χ1n) is 17.8. The maximum Gasteiger partial charge on any atom is 0.143 e. The van der Waals surface area contributed by atoms with E-state index in [0.717, 1.165) is 55.5 Å². The molecule has 9 aromatic carbocycles. The number of fused-ring (bicyclic) bond motifs is 6. The summed E-state index contributed by atoms with van der Waals surface area (Å²) in [4.78, 5) is 2.32. The molecule has 0 aliphatic carbocycles. The van der Waals surface area contributed by atoms with Crippen LogP contribution in [0, 0.1) is 0 Å². The average molecular weight is 664 g/mol. The van der Waals surface area contributed by atoms with E-state index in [4.69, 9.17) is 4.42 Å². The molecular formula is C50H33NO. The fourth-order valence-electron chi connectivity index (χ4n) is 7.79. The molecule has 0 fully saturated rings. The maximum absolute atomic E-state index is 6.82. The zero-order chi connectivity index (χ0) is 34.4. The summed E-state index contributed by atoms with van der Waals surface area (Å²) in [5, 5.41) is 7.08. The van der Waals surface area contributed by atoms with E-state index < -0.39 is 0 Å². The highest BCUT2D eigenvalue weighted by Crippen LogP contribution is 2.43. The molecule has 1 heterocycles. The van der Waals surface area contributed by atoms with Crippen LogP contribution in [0.25, 0.3) is 76.9 Å². The quantitative estimate of drug-likeness (QED) is 0.176. The minimum absolute atomic E-state index is 0.907. The average Bonchev–Trinajstić information content (AvgIpc) is 3.61. The number of benzene rings is 9. The highest BCUT2D eigenvalue weighted by atomic mass is 16.3. The van der Waals surface area contributed by atoms with Crippen molar-refractivity contribution in [3.63, 3.8) is 0 Å². The van der Waals surface area contributed by atoms with Crippen LogP contribution in [0.4, 0.5) is 17.1 Å². The standard InChI is InChI=1S/C50H33NO/c1-3-13-35(14-4-1)47-33-48-46-24-12-23-43(49(46)52-50(48)45-21-10-9-20-44(45)47)37-27-31-40(32-28-37)51(38-17-5-2-6-18-38)39-29-25-36(26-30-39)42-22-11-16-34-15-7-8-19-41(34)42/h1-33H. The topological polar surface area (TPSA) is 16.4 Å². The molecule has 0 spiro atoms. The minimum Gasteiger partial charge on any atom is -0.455 e. The molecular weight excluding hydrogens is 631 g/mol. The second kappa shape index (κ2) is 12.5. The van der Waals surface area contributed by atoms with Crippen LogP contribution in [0.1, 0.15) is 0 Å². The van der Waals surface area contributed by atoms with Gasteiger partial charge in [-0.2, -0.15) is 0 Å². The minimum atomic E-state index is 0.907. The van der Waals surface area contributed by atoms with Gasteiger partial charge in [-0.05, 0) is 86.4 Å². The van der Waals surface area contributed by atoms with Gasteiger partial charge in [-0.3, -0.25) is 0 Å². The predicted octanol–water partition coefficient (Wildman–Crippen LogP) is 14.4. The Hall–Kier alpha value is -6.90. The zero-order valence-corrected chi connectivity index (χ0v) is 28.4. The summed E-state index contributed by atoms with van der Waals surface area (Å²) in [5.74, 6) is 0. The van der Waals surface area contributed by atoms with Gasteiger partial charge in [0, 0.05) is 38.8 Å². The predicted molar refractivity (Wildman–Crippen MR) is 220 cm³/mol.